The highest BCUT2D eigenvalue weighted by Crippen LogP contribution is 2.12. The molecule has 0 spiro atoms. The molecule has 0 atom stereocenters. The molecule has 0 radical (unpaired) electrons. The summed E-state index contributed by atoms with van der Waals surface area (Å²) in [4.78, 5) is 14.2. The Bertz CT molecular complexity index is 357. The third kappa shape index (κ3) is 3.30. The maximum absolute atomic E-state index is 12.3. The molecule has 1 aromatic rings. The quantitative estimate of drug-likeness (QED) is 0.804. The van der Waals surface area contributed by atoms with E-state index in [0.717, 1.165) is 12.8 Å². The molecule has 17 heavy (non-hydrogen) atoms. The molecule has 1 heterocycles. The van der Waals surface area contributed by atoms with E-state index in [1.807, 2.05) is 4.90 Å². The van der Waals surface area contributed by atoms with E-state index in [1.54, 1.807) is 24.1 Å². The van der Waals surface area contributed by atoms with Crippen LogP contribution in [0.1, 0.15) is 37.0 Å². The van der Waals surface area contributed by atoms with Gasteiger partial charge in [0.2, 0.25) is 0 Å². The molecule has 0 fully saturated rings. The molecular formula is C12H22N4O. The van der Waals surface area contributed by atoms with Gasteiger partial charge < -0.3 is 10.6 Å². The highest BCUT2D eigenvalue weighted by molar-refractivity contribution is 5.94. The van der Waals surface area contributed by atoms with E-state index in [0.29, 0.717) is 18.7 Å². The number of amides is 1. The summed E-state index contributed by atoms with van der Waals surface area (Å²) in [5.74, 6) is 0.0252. The number of rotatable bonds is 6. The Kier molecular flexibility index (Phi) is 5.15. The van der Waals surface area contributed by atoms with Gasteiger partial charge in [-0.05, 0) is 12.8 Å². The van der Waals surface area contributed by atoms with Gasteiger partial charge in [-0.15, -0.1) is 0 Å². The van der Waals surface area contributed by atoms with Crippen molar-refractivity contribution < 1.29 is 4.79 Å². The first kappa shape index (κ1) is 13.7. The number of carbonyl (C=O) groups excluding carboxylic acids is 1. The first-order valence-electron chi connectivity index (χ1n) is 6.13. The zero-order chi connectivity index (χ0) is 12.8. The van der Waals surface area contributed by atoms with E-state index in [9.17, 15) is 4.79 Å². The van der Waals surface area contributed by atoms with Crippen molar-refractivity contribution in [3.63, 3.8) is 0 Å². The molecule has 0 aromatic carbocycles. The number of nitrogens with two attached hydrogens (primary N) is 1. The molecule has 2 N–H and O–H groups in total. The highest BCUT2D eigenvalue weighted by Gasteiger charge is 2.22. The van der Waals surface area contributed by atoms with E-state index in [2.05, 4.69) is 18.9 Å². The highest BCUT2D eigenvalue weighted by atomic mass is 16.2. The van der Waals surface area contributed by atoms with Crippen molar-refractivity contribution in [1.82, 2.24) is 14.7 Å². The van der Waals surface area contributed by atoms with Gasteiger partial charge in [-0.2, -0.15) is 5.10 Å². The molecule has 0 bridgehead atoms. The summed E-state index contributed by atoms with van der Waals surface area (Å²) in [6.07, 6.45) is 5.24. The summed E-state index contributed by atoms with van der Waals surface area (Å²) in [6, 6.07) is 0.256. The lowest BCUT2D eigenvalue weighted by Gasteiger charge is -2.29. The van der Waals surface area contributed by atoms with Crippen molar-refractivity contribution in [2.75, 3.05) is 13.1 Å². The molecule has 0 aliphatic rings. The zero-order valence-electron chi connectivity index (χ0n) is 10.9. The molecule has 0 aliphatic heterocycles. The van der Waals surface area contributed by atoms with Crippen LogP contribution in [0.2, 0.25) is 0 Å². The van der Waals surface area contributed by atoms with E-state index in [1.165, 1.54) is 0 Å². The van der Waals surface area contributed by atoms with Crippen LogP contribution >= 0.6 is 0 Å². The lowest BCUT2D eigenvalue weighted by atomic mass is 10.1. The molecule has 0 saturated carbocycles. The van der Waals surface area contributed by atoms with Crippen molar-refractivity contribution in [1.29, 1.82) is 0 Å². The molecular weight excluding hydrogens is 216 g/mol. The monoisotopic (exact) mass is 238 g/mol. The molecule has 0 aliphatic carbocycles. The molecule has 5 heteroatoms. The summed E-state index contributed by atoms with van der Waals surface area (Å²) >= 11 is 0. The summed E-state index contributed by atoms with van der Waals surface area (Å²) in [7, 11) is 1.81. The summed E-state index contributed by atoms with van der Waals surface area (Å²) in [5.41, 5.74) is 6.22. The second-order valence-corrected chi connectivity index (χ2v) is 4.16. The number of hydrogen-bond donors (Lipinski definition) is 1. The van der Waals surface area contributed by atoms with Crippen LogP contribution in [-0.4, -0.2) is 39.7 Å². The second kappa shape index (κ2) is 6.39. The van der Waals surface area contributed by atoms with Crippen molar-refractivity contribution in [2.45, 2.75) is 32.7 Å². The van der Waals surface area contributed by atoms with Gasteiger partial charge in [-0.1, -0.05) is 13.8 Å². The van der Waals surface area contributed by atoms with Crippen LogP contribution < -0.4 is 5.73 Å². The van der Waals surface area contributed by atoms with E-state index in [4.69, 9.17) is 5.73 Å². The lowest BCUT2D eigenvalue weighted by molar-refractivity contribution is 0.0674. The average Bonchev–Trinajstić information content (AvgIpc) is 2.75. The van der Waals surface area contributed by atoms with Gasteiger partial charge in [-0.25, -0.2) is 0 Å². The fourth-order valence-corrected chi connectivity index (χ4v) is 2.02. The maximum atomic E-state index is 12.3. The maximum Gasteiger partial charge on any atom is 0.257 e. The predicted molar refractivity (Wildman–Crippen MR) is 67.7 cm³/mol. The first-order valence-corrected chi connectivity index (χ1v) is 6.13. The van der Waals surface area contributed by atoms with Crippen molar-refractivity contribution >= 4 is 5.91 Å². The smallest absolute Gasteiger partial charge is 0.257 e. The number of carbonyl (C=O) groups is 1. The molecule has 1 rings (SSSR count). The fraction of sp³-hybridized carbons (Fsp3) is 0.667. The Morgan fingerprint density at radius 1 is 1.53 bits per heavy atom. The molecule has 96 valence electrons. The van der Waals surface area contributed by atoms with Gasteiger partial charge in [0.05, 0.1) is 11.8 Å². The summed E-state index contributed by atoms with van der Waals surface area (Å²) in [5, 5.41) is 4.03. The largest absolute Gasteiger partial charge is 0.334 e. The fourth-order valence-electron chi connectivity index (χ4n) is 2.02. The van der Waals surface area contributed by atoms with E-state index in [-0.39, 0.29) is 11.9 Å². The average molecular weight is 238 g/mol. The van der Waals surface area contributed by atoms with Crippen LogP contribution in [0.3, 0.4) is 0 Å². The minimum atomic E-state index is 0.0252. The standard InChI is InChI=1S/C12H22N4O/c1-4-11(5-2)16(7-6-13)12(17)10-8-14-15(3)9-10/h8-9,11H,4-7,13H2,1-3H3. The predicted octanol–water partition coefficient (Wildman–Crippen LogP) is 1.01. The zero-order valence-corrected chi connectivity index (χ0v) is 10.9. The Hall–Kier alpha value is -1.36. The number of aryl methyl sites for hydroxylation is 1. The number of aromatic nitrogens is 2. The van der Waals surface area contributed by atoms with Crippen LogP contribution in [0.5, 0.6) is 0 Å². The third-order valence-corrected chi connectivity index (χ3v) is 2.97. The third-order valence-electron chi connectivity index (χ3n) is 2.97. The van der Waals surface area contributed by atoms with Gasteiger partial charge in [0.1, 0.15) is 0 Å². The van der Waals surface area contributed by atoms with Crippen molar-refractivity contribution in [3.8, 4) is 0 Å². The van der Waals surface area contributed by atoms with Gasteiger partial charge in [0.15, 0.2) is 0 Å². The molecule has 1 aromatic heterocycles. The lowest BCUT2D eigenvalue weighted by Crippen LogP contribution is -2.42. The molecule has 1 amide bonds. The minimum Gasteiger partial charge on any atom is -0.334 e. The van der Waals surface area contributed by atoms with Crippen LogP contribution in [0, 0.1) is 0 Å². The van der Waals surface area contributed by atoms with Gasteiger partial charge in [0.25, 0.3) is 5.91 Å². The SMILES string of the molecule is CCC(CC)N(CCN)C(=O)c1cnn(C)c1. The number of nitrogens with zero attached hydrogens (tertiary/aromatic N) is 3. The van der Waals surface area contributed by atoms with Crippen LogP contribution in [0.25, 0.3) is 0 Å². The van der Waals surface area contributed by atoms with Crippen molar-refractivity contribution in [3.05, 3.63) is 18.0 Å². The van der Waals surface area contributed by atoms with Gasteiger partial charge >= 0.3 is 0 Å². The molecule has 0 saturated heterocycles. The Morgan fingerprint density at radius 3 is 2.59 bits per heavy atom. The summed E-state index contributed by atoms with van der Waals surface area (Å²) in [6.45, 7) is 5.27. The Balaban J connectivity index is 2.86. The minimum absolute atomic E-state index is 0.0252. The second-order valence-electron chi connectivity index (χ2n) is 4.16. The van der Waals surface area contributed by atoms with Gasteiger partial charge in [0, 0.05) is 32.4 Å². The topological polar surface area (TPSA) is 64.2 Å². The van der Waals surface area contributed by atoms with Crippen molar-refractivity contribution in [2.24, 2.45) is 12.8 Å². The van der Waals surface area contributed by atoms with E-state index >= 15 is 0 Å². The normalized spacial score (nSPS) is 10.9. The number of hydrogen-bond acceptors (Lipinski definition) is 3. The Labute approximate surface area is 103 Å². The molecule has 0 unspecified atom stereocenters. The van der Waals surface area contributed by atoms with Crippen LogP contribution in [0.4, 0.5) is 0 Å². The molecule has 5 nitrogen and oxygen atoms in total. The van der Waals surface area contributed by atoms with Crippen LogP contribution in [0.15, 0.2) is 12.4 Å². The Morgan fingerprint density at radius 2 is 2.18 bits per heavy atom. The summed E-state index contributed by atoms with van der Waals surface area (Å²) < 4.78 is 1.64. The first-order chi connectivity index (χ1) is 8.13. The van der Waals surface area contributed by atoms with Crippen LogP contribution in [-0.2, 0) is 7.05 Å². The van der Waals surface area contributed by atoms with E-state index < -0.39 is 0 Å². The van der Waals surface area contributed by atoms with Gasteiger partial charge in [-0.3, -0.25) is 9.48 Å².